The first-order chi connectivity index (χ1) is 11.2. The quantitative estimate of drug-likeness (QED) is 0.590. The zero-order chi connectivity index (χ0) is 16.5. The molecular weight excluding hydrogens is 315 g/mol. The number of nitrogens with one attached hydrogen (secondary N) is 1. The number of hydrazone groups is 1. The standard InChI is InChI=1S/C17H19FN2O2S/c1-2-3-7-15-8-9-16(23-15)11-19-20-17(21)12-22-14-6-4-5-13(18)10-14/h4-6,8-11H,2-3,7,12H2,1H3,(H,20,21)/b19-11+. The van der Waals surface area contributed by atoms with Crippen LogP contribution in [0, 0.1) is 5.82 Å². The van der Waals surface area contributed by atoms with Gasteiger partial charge in [-0.15, -0.1) is 11.3 Å². The topological polar surface area (TPSA) is 50.7 Å². The molecule has 1 heterocycles. The summed E-state index contributed by atoms with van der Waals surface area (Å²) in [6.45, 7) is 1.95. The summed E-state index contributed by atoms with van der Waals surface area (Å²) >= 11 is 1.66. The second kappa shape index (κ2) is 9.05. The smallest absolute Gasteiger partial charge is 0.277 e. The number of unbranched alkanes of at least 4 members (excludes halogenated alkanes) is 1. The van der Waals surface area contributed by atoms with Crippen molar-refractivity contribution in [2.24, 2.45) is 5.10 Å². The average Bonchev–Trinajstić information content (AvgIpc) is 2.99. The maximum Gasteiger partial charge on any atom is 0.277 e. The van der Waals surface area contributed by atoms with Crippen LogP contribution in [0.1, 0.15) is 29.5 Å². The molecule has 0 fully saturated rings. The first-order valence-electron chi connectivity index (χ1n) is 7.46. The van der Waals surface area contributed by atoms with Crippen molar-refractivity contribution in [1.29, 1.82) is 0 Å². The van der Waals surface area contributed by atoms with E-state index in [0.29, 0.717) is 5.75 Å². The van der Waals surface area contributed by atoms with Gasteiger partial charge >= 0.3 is 0 Å². The van der Waals surface area contributed by atoms with Crippen molar-refractivity contribution in [3.8, 4) is 5.75 Å². The molecular formula is C17H19FN2O2S. The summed E-state index contributed by atoms with van der Waals surface area (Å²) in [6, 6.07) is 9.70. The molecule has 1 aromatic carbocycles. The molecule has 0 saturated heterocycles. The first kappa shape index (κ1) is 17.1. The molecule has 0 aliphatic rings. The van der Waals surface area contributed by atoms with Gasteiger partial charge in [0.1, 0.15) is 11.6 Å². The van der Waals surface area contributed by atoms with Crippen LogP contribution >= 0.6 is 11.3 Å². The molecule has 0 spiro atoms. The van der Waals surface area contributed by atoms with E-state index in [2.05, 4.69) is 23.5 Å². The van der Waals surface area contributed by atoms with Crippen LogP contribution in [0.3, 0.4) is 0 Å². The first-order valence-corrected chi connectivity index (χ1v) is 8.28. The third-order valence-electron chi connectivity index (χ3n) is 3.01. The van der Waals surface area contributed by atoms with Crippen molar-refractivity contribution < 1.29 is 13.9 Å². The number of hydrogen-bond acceptors (Lipinski definition) is 4. The fourth-order valence-corrected chi connectivity index (χ4v) is 2.78. The minimum absolute atomic E-state index is 0.215. The number of carbonyl (C=O) groups is 1. The number of halogens is 1. The maximum atomic E-state index is 13.0. The number of amides is 1. The highest BCUT2D eigenvalue weighted by Gasteiger charge is 2.02. The highest BCUT2D eigenvalue weighted by atomic mass is 32.1. The van der Waals surface area contributed by atoms with Crippen molar-refractivity contribution >= 4 is 23.5 Å². The van der Waals surface area contributed by atoms with Crippen LogP contribution in [0.25, 0.3) is 0 Å². The van der Waals surface area contributed by atoms with E-state index >= 15 is 0 Å². The summed E-state index contributed by atoms with van der Waals surface area (Å²) < 4.78 is 18.1. The lowest BCUT2D eigenvalue weighted by Gasteiger charge is -2.04. The number of hydrogen-bond donors (Lipinski definition) is 1. The summed E-state index contributed by atoms with van der Waals surface area (Å²) in [5.41, 5.74) is 2.39. The lowest BCUT2D eigenvalue weighted by Crippen LogP contribution is -2.24. The Morgan fingerprint density at radius 3 is 3.04 bits per heavy atom. The summed E-state index contributed by atoms with van der Waals surface area (Å²) in [5.74, 6) is -0.492. The van der Waals surface area contributed by atoms with Gasteiger partial charge in [-0.1, -0.05) is 19.4 Å². The molecule has 0 radical (unpaired) electrons. The zero-order valence-electron chi connectivity index (χ0n) is 12.9. The van der Waals surface area contributed by atoms with E-state index in [-0.39, 0.29) is 6.61 Å². The van der Waals surface area contributed by atoms with Crippen LogP contribution in [0.5, 0.6) is 5.75 Å². The zero-order valence-corrected chi connectivity index (χ0v) is 13.7. The average molecular weight is 334 g/mol. The highest BCUT2D eigenvalue weighted by molar-refractivity contribution is 7.13. The van der Waals surface area contributed by atoms with Crippen molar-refractivity contribution in [2.45, 2.75) is 26.2 Å². The lowest BCUT2D eigenvalue weighted by molar-refractivity contribution is -0.123. The molecule has 0 bridgehead atoms. The SMILES string of the molecule is CCCCc1ccc(/C=N/NC(=O)COc2cccc(F)c2)s1. The minimum Gasteiger partial charge on any atom is -0.484 e. The van der Waals surface area contributed by atoms with Crippen LogP contribution in [-0.4, -0.2) is 18.7 Å². The third-order valence-corrected chi connectivity index (χ3v) is 4.09. The Balaban J connectivity index is 1.74. The van der Waals surface area contributed by atoms with E-state index < -0.39 is 11.7 Å². The number of rotatable bonds is 8. The maximum absolute atomic E-state index is 13.0. The van der Waals surface area contributed by atoms with Gasteiger partial charge in [0, 0.05) is 15.8 Å². The van der Waals surface area contributed by atoms with Crippen LogP contribution < -0.4 is 10.2 Å². The molecule has 2 aromatic rings. The van der Waals surface area contributed by atoms with Crippen LogP contribution in [0.2, 0.25) is 0 Å². The van der Waals surface area contributed by atoms with E-state index in [1.54, 1.807) is 23.6 Å². The largest absolute Gasteiger partial charge is 0.484 e. The minimum atomic E-state index is -0.405. The number of aryl methyl sites for hydroxylation is 1. The molecule has 6 heteroatoms. The van der Waals surface area contributed by atoms with E-state index in [4.69, 9.17) is 4.74 Å². The van der Waals surface area contributed by atoms with Gasteiger partial charge in [-0.05, 0) is 37.1 Å². The predicted octanol–water partition coefficient (Wildman–Crippen LogP) is 3.76. The molecule has 0 aliphatic heterocycles. The van der Waals surface area contributed by atoms with Crippen LogP contribution in [-0.2, 0) is 11.2 Å². The normalized spacial score (nSPS) is 10.9. The molecule has 1 N–H and O–H groups in total. The van der Waals surface area contributed by atoms with Crippen molar-refractivity contribution in [2.75, 3.05) is 6.61 Å². The summed E-state index contributed by atoms with van der Waals surface area (Å²) in [5, 5.41) is 3.90. The Morgan fingerprint density at radius 1 is 1.39 bits per heavy atom. The summed E-state index contributed by atoms with van der Waals surface area (Å²) in [7, 11) is 0. The predicted molar refractivity (Wildman–Crippen MR) is 90.6 cm³/mol. The molecule has 1 amide bonds. The van der Waals surface area contributed by atoms with Gasteiger partial charge in [-0.3, -0.25) is 4.79 Å². The molecule has 0 atom stereocenters. The number of ether oxygens (including phenoxy) is 1. The molecule has 1 aromatic heterocycles. The van der Waals surface area contributed by atoms with Gasteiger partial charge in [0.2, 0.25) is 0 Å². The lowest BCUT2D eigenvalue weighted by atomic mass is 10.2. The van der Waals surface area contributed by atoms with Crippen molar-refractivity contribution in [3.63, 3.8) is 0 Å². The van der Waals surface area contributed by atoms with Gasteiger partial charge in [0.05, 0.1) is 6.21 Å². The van der Waals surface area contributed by atoms with E-state index in [1.165, 1.54) is 35.9 Å². The number of benzene rings is 1. The number of carbonyl (C=O) groups excluding carboxylic acids is 1. The number of thiophene rings is 1. The Bertz CT molecular complexity index is 670. The molecule has 23 heavy (non-hydrogen) atoms. The molecule has 122 valence electrons. The Labute approximate surface area is 139 Å². The molecule has 0 aliphatic carbocycles. The van der Waals surface area contributed by atoms with Crippen LogP contribution in [0.4, 0.5) is 4.39 Å². The fraction of sp³-hybridized carbons (Fsp3) is 0.294. The van der Waals surface area contributed by atoms with Gasteiger partial charge < -0.3 is 4.74 Å². The van der Waals surface area contributed by atoms with E-state index in [0.717, 1.165) is 11.3 Å². The highest BCUT2D eigenvalue weighted by Crippen LogP contribution is 2.16. The van der Waals surface area contributed by atoms with Gasteiger partial charge in [-0.25, -0.2) is 9.82 Å². The van der Waals surface area contributed by atoms with Crippen molar-refractivity contribution in [1.82, 2.24) is 5.43 Å². The fourth-order valence-electron chi connectivity index (χ4n) is 1.86. The van der Waals surface area contributed by atoms with E-state index in [9.17, 15) is 9.18 Å². The Morgan fingerprint density at radius 2 is 2.26 bits per heavy atom. The van der Waals surface area contributed by atoms with Gasteiger partial charge in [0.25, 0.3) is 5.91 Å². The van der Waals surface area contributed by atoms with Crippen LogP contribution in [0.15, 0.2) is 41.5 Å². The van der Waals surface area contributed by atoms with Gasteiger partial charge in [-0.2, -0.15) is 5.10 Å². The molecule has 4 nitrogen and oxygen atoms in total. The summed E-state index contributed by atoms with van der Waals surface area (Å²) in [4.78, 5) is 13.9. The third kappa shape index (κ3) is 6.20. The Kier molecular flexibility index (Phi) is 6.75. The number of nitrogens with zero attached hydrogens (tertiary/aromatic N) is 1. The van der Waals surface area contributed by atoms with Crippen molar-refractivity contribution in [3.05, 3.63) is 52.0 Å². The molecule has 0 saturated carbocycles. The second-order valence-corrected chi connectivity index (χ2v) is 6.15. The second-order valence-electron chi connectivity index (χ2n) is 4.95. The molecule has 0 unspecified atom stereocenters. The summed E-state index contributed by atoms with van der Waals surface area (Å²) in [6.07, 6.45) is 5.02. The molecule has 2 rings (SSSR count). The monoisotopic (exact) mass is 334 g/mol. The Hall–Kier alpha value is -2.21. The van der Waals surface area contributed by atoms with Gasteiger partial charge in [0.15, 0.2) is 6.61 Å². The van der Waals surface area contributed by atoms with E-state index in [1.807, 2.05) is 6.07 Å².